The summed E-state index contributed by atoms with van der Waals surface area (Å²) < 4.78 is 0. The number of nitrogens with two attached hydrogens (primary N) is 1. The Morgan fingerprint density at radius 3 is 2.82 bits per heavy atom. The summed E-state index contributed by atoms with van der Waals surface area (Å²) in [5.74, 6) is 1.69. The summed E-state index contributed by atoms with van der Waals surface area (Å²) in [6.45, 7) is 8.16. The van der Waals surface area contributed by atoms with Gasteiger partial charge in [-0.25, -0.2) is 0 Å². The molecule has 0 aliphatic heterocycles. The molecule has 0 aliphatic carbocycles. The molecule has 0 spiro atoms. The Labute approximate surface area is 108 Å². The van der Waals surface area contributed by atoms with Crippen LogP contribution < -0.4 is 11.1 Å². The number of rotatable bonds is 6. The predicted octanol–water partition coefficient (Wildman–Crippen LogP) is 2.49. The van der Waals surface area contributed by atoms with Gasteiger partial charge in [0.1, 0.15) is 0 Å². The molecule has 0 amide bonds. The van der Waals surface area contributed by atoms with Crippen LogP contribution in [0.25, 0.3) is 0 Å². The molecule has 0 saturated heterocycles. The SMILES string of the molecule is CC(C)CN=C(N)NCC(C)Cc1cccs1. The quantitative estimate of drug-likeness (QED) is 0.604. The van der Waals surface area contributed by atoms with E-state index in [4.69, 9.17) is 5.73 Å². The first-order valence-corrected chi connectivity index (χ1v) is 7.02. The van der Waals surface area contributed by atoms with Gasteiger partial charge in [0.2, 0.25) is 0 Å². The third-order valence-corrected chi connectivity index (χ3v) is 3.29. The van der Waals surface area contributed by atoms with E-state index in [2.05, 4.69) is 48.6 Å². The van der Waals surface area contributed by atoms with Crippen LogP contribution in [0.4, 0.5) is 0 Å². The van der Waals surface area contributed by atoms with E-state index >= 15 is 0 Å². The average molecular weight is 253 g/mol. The highest BCUT2D eigenvalue weighted by Crippen LogP contribution is 2.13. The lowest BCUT2D eigenvalue weighted by atomic mass is 10.1. The van der Waals surface area contributed by atoms with Crippen LogP contribution in [0.3, 0.4) is 0 Å². The van der Waals surface area contributed by atoms with Crippen molar-refractivity contribution in [2.75, 3.05) is 13.1 Å². The van der Waals surface area contributed by atoms with Crippen molar-refractivity contribution in [1.29, 1.82) is 0 Å². The first-order valence-electron chi connectivity index (χ1n) is 6.14. The zero-order valence-corrected chi connectivity index (χ0v) is 11.8. The van der Waals surface area contributed by atoms with E-state index in [1.54, 1.807) is 0 Å². The second-order valence-electron chi connectivity index (χ2n) is 4.89. The van der Waals surface area contributed by atoms with E-state index in [0.717, 1.165) is 19.5 Å². The van der Waals surface area contributed by atoms with Crippen molar-refractivity contribution in [3.05, 3.63) is 22.4 Å². The molecule has 0 saturated carbocycles. The molecule has 1 unspecified atom stereocenters. The standard InChI is InChI=1S/C13H23N3S/c1-10(2)8-15-13(14)16-9-11(3)7-12-5-4-6-17-12/h4-6,10-11H,7-9H2,1-3H3,(H3,14,15,16). The maximum absolute atomic E-state index is 5.79. The lowest BCUT2D eigenvalue weighted by Gasteiger charge is -2.12. The van der Waals surface area contributed by atoms with E-state index in [0.29, 0.717) is 17.8 Å². The molecule has 0 aliphatic rings. The summed E-state index contributed by atoms with van der Waals surface area (Å²) in [7, 11) is 0. The molecule has 1 heterocycles. The normalized spacial score (nSPS) is 14.0. The molecule has 1 rings (SSSR count). The van der Waals surface area contributed by atoms with Crippen molar-refractivity contribution in [2.24, 2.45) is 22.6 Å². The number of aliphatic imine (C=N–C) groups is 1. The van der Waals surface area contributed by atoms with Gasteiger partial charge in [0.15, 0.2) is 5.96 Å². The minimum atomic E-state index is 0.555. The highest BCUT2D eigenvalue weighted by atomic mass is 32.1. The Morgan fingerprint density at radius 1 is 1.47 bits per heavy atom. The molecule has 0 radical (unpaired) electrons. The van der Waals surface area contributed by atoms with Crippen LogP contribution >= 0.6 is 11.3 Å². The second kappa shape index (κ2) is 7.33. The number of nitrogens with one attached hydrogen (secondary N) is 1. The van der Waals surface area contributed by atoms with Gasteiger partial charge in [0, 0.05) is 18.0 Å². The van der Waals surface area contributed by atoms with E-state index in [1.165, 1.54) is 4.88 Å². The van der Waals surface area contributed by atoms with Crippen molar-refractivity contribution in [2.45, 2.75) is 27.2 Å². The molecule has 0 fully saturated rings. The predicted molar refractivity (Wildman–Crippen MR) is 76.5 cm³/mol. The van der Waals surface area contributed by atoms with E-state index in [1.807, 2.05) is 11.3 Å². The van der Waals surface area contributed by atoms with Crippen LogP contribution in [-0.2, 0) is 6.42 Å². The van der Waals surface area contributed by atoms with Crippen LogP contribution in [0, 0.1) is 11.8 Å². The number of hydrogen-bond donors (Lipinski definition) is 2. The van der Waals surface area contributed by atoms with Crippen molar-refractivity contribution < 1.29 is 0 Å². The highest BCUT2D eigenvalue weighted by molar-refractivity contribution is 7.09. The lowest BCUT2D eigenvalue weighted by Crippen LogP contribution is -2.35. The molecule has 17 heavy (non-hydrogen) atoms. The average Bonchev–Trinajstić information content (AvgIpc) is 2.76. The van der Waals surface area contributed by atoms with Gasteiger partial charge in [0.25, 0.3) is 0 Å². The minimum absolute atomic E-state index is 0.555. The van der Waals surface area contributed by atoms with Gasteiger partial charge in [-0.3, -0.25) is 4.99 Å². The summed E-state index contributed by atoms with van der Waals surface area (Å²) in [6.07, 6.45) is 1.10. The van der Waals surface area contributed by atoms with E-state index in [-0.39, 0.29) is 0 Å². The summed E-state index contributed by atoms with van der Waals surface area (Å²) in [5.41, 5.74) is 5.79. The minimum Gasteiger partial charge on any atom is -0.370 e. The zero-order valence-electron chi connectivity index (χ0n) is 10.9. The van der Waals surface area contributed by atoms with Crippen LogP contribution in [0.5, 0.6) is 0 Å². The Morgan fingerprint density at radius 2 is 2.24 bits per heavy atom. The first-order chi connectivity index (χ1) is 8.08. The molecular formula is C13H23N3S. The third kappa shape index (κ3) is 6.31. The summed E-state index contributed by atoms with van der Waals surface area (Å²) in [4.78, 5) is 5.71. The Balaban J connectivity index is 2.23. The molecule has 3 N–H and O–H groups in total. The summed E-state index contributed by atoms with van der Waals surface area (Å²) in [5, 5.41) is 5.30. The number of hydrogen-bond acceptors (Lipinski definition) is 2. The molecule has 0 bridgehead atoms. The fourth-order valence-corrected chi connectivity index (χ4v) is 2.33. The van der Waals surface area contributed by atoms with Gasteiger partial charge in [-0.05, 0) is 29.7 Å². The van der Waals surface area contributed by atoms with E-state index < -0.39 is 0 Å². The van der Waals surface area contributed by atoms with Gasteiger partial charge in [-0.15, -0.1) is 11.3 Å². The van der Waals surface area contributed by atoms with Crippen LogP contribution in [0.2, 0.25) is 0 Å². The largest absolute Gasteiger partial charge is 0.370 e. The van der Waals surface area contributed by atoms with Crippen molar-refractivity contribution in [3.63, 3.8) is 0 Å². The Hall–Kier alpha value is -1.03. The fourth-order valence-electron chi connectivity index (χ4n) is 1.46. The molecule has 3 nitrogen and oxygen atoms in total. The second-order valence-corrected chi connectivity index (χ2v) is 5.92. The van der Waals surface area contributed by atoms with Crippen LogP contribution in [0.1, 0.15) is 25.6 Å². The zero-order chi connectivity index (χ0) is 12.7. The molecule has 1 aromatic rings. The topological polar surface area (TPSA) is 50.4 Å². The van der Waals surface area contributed by atoms with Gasteiger partial charge in [-0.1, -0.05) is 26.8 Å². The monoisotopic (exact) mass is 253 g/mol. The fraction of sp³-hybridized carbons (Fsp3) is 0.615. The van der Waals surface area contributed by atoms with Crippen molar-refractivity contribution in [3.8, 4) is 0 Å². The van der Waals surface area contributed by atoms with E-state index in [9.17, 15) is 0 Å². The number of guanidine groups is 1. The van der Waals surface area contributed by atoms with Crippen LogP contribution in [0.15, 0.2) is 22.5 Å². The first kappa shape index (κ1) is 14.0. The molecule has 96 valence electrons. The van der Waals surface area contributed by atoms with Gasteiger partial charge in [-0.2, -0.15) is 0 Å². The number of thiophene rings is 1. The van der Waals surface area contributed by atoms with Gasteiger partial charge < -0.3 is 11.1 Å². The maximum Gasteiger partial charge on any atom is 0.188 e. The number of nitrogens with zero attached hydrogens (tertiary/aromatic N) is 1. The molecule has 0 aromatic carbocycles. The van der Waals surface area contributed by atoms with Crippen LogP contribution in [-0.4, -0.2) is 19.0 Å². The lowest BCUT2D eigenvalue weighted by molar-refractivity contribution is 0.565. The molecule has 1 aromatic heterocycles. The summed E-state index contributed by atoms with van der Waals surface area (Å²) in [6, 6.07) is 4.27. The molecule has 4 heteroatoms. The highest BCUT2D eigenvalue weighted by Gasteiger charge is 2.04. The molecule has 1 atom stereocenters. The Kier molecular flexibility index (Phi) is 6.05. The smallest absolute Gasteiger partial charge is 0.188 e. The van der Waals surface area contributed by atoms with Crippen molar-refractivity contribution in [1.82, 2.24) is 5.32 Å². The maximum atomic E-state index is 5.79. The Bertz CT molecular complexity index is 330. The molecular weight excluding hydrogens is 230 g/mol. The van der Waals surface area contributed by atoms with Gasteiger partial charge >= 0.3 is 0 Å². The summed E-state index contributed by atoms with van der Waals surface area (Å²) >= 11 is 1.81. The van der Waals surface area contributed by atoms with Gasteiger partial charge in [0.05, 0.1) is 0 Å². The third-order valence-electron chi connectivity index (χ3n) is 2.39. The van der Waals surface area contributed by atoms with Crippen molar-refractivity contribution >= 4 is 17.3 Å².